The summed E-state index contributed by atoms with van der Waals surface area (Å²) in [7, 11) is 1.42. The van der Waals surface area contributed by atoms with Crippen molar-refractivity contribution in [3.05, 3.63) is 29.3 Å². The molecule has 2 aliphatic heterocycles. The lowest BCUT2D eigenvalue weighted by atomic mass is 9.85. The lowest BCUT2D eigenvalue weighted by Crippen LogP contribution is -2.53. The smallest absolute Gasteiger partial charge is 0.425 e. The monoisotopic (exact) mass is 444 g/mol. The zero-order chi connectivity index (χ0) is 22.8. The van der Waals surface area contributed by atoms with E-state index in [4.69, 9.17) is 4.74 Å². The Morgan fingerprint density at radius 2 is 1.87 bits per heavy atom. The van der Waals surface area contributed by atoms with Crippen LogP contribution in [-0.2, 0) is 11.3 Å². The molecule has 0 aliphatic carbocycles. The van der Waals surface area contributed by atoms with Crippen molar-refractivity contribution < 1.29 is 37.3 Å². The molecule has 172 valence electrons. The normalized spacial score (nSPS) is 20.0. The Hall–Kier alpha value is -2.49. The molecule has 31 heavy (non-hydrogen) atoms. The number of carbonyl (C=O) groups excluding carboxylic acids is 1. The number of amides is 1. The highest BCUT2D eigenvalue weighted by Crippen LogP contribution is 2.40. The predicted octanol–water partition coefficient (Wildman–Crippen LogP) is 3.91. The van der Waals surface area contributed by atoms with Crippen LogP contribution < -0.4 is 4.74 Å². The van der Waals surface area contributed by atoms with Crippen LogP contribution in [0.15, 0.2) is 18.2 Å². The average Bonchev–Trinajstić information content (AvgIpc) is 3.09. The van der Waals surface area contributed by atoms with E-state index in [1.807, 2.05) is 6.07 Å². The lowest BCUT2D eigenvalue weighted by molar-refractivity contribution is -0.200. The number of likely N-dealkylation sites (tertiary alicyclic amines) is 2. The molecule has 1 amide bonds. The van der Waals surface area contributed by atoms with Gasteiger partial charge in [0.05, 0.1) is 7.11 Å². The molecular formula is C21H27F3N2O5. The number of benzene rings is 1. The molecular weight excluding hydrogens is 417 g/mol. The molecule has 3 rings (SSSR count). The van der Waals surface area contributed by atoms with Gasteiger partial charge in [0, 0.05) is 25.2 Å². The summed E-state index contributed by atoms with van der Waals surface area (Å²) < 4.78 is 47.6. The van der Waals surface area contributed by atoms with Crippen molar-refractivity contribution in [2.45, 2.75) is 57.0 Å². The number of carbonyl (C=O) groups is 2. The van der Waals surface area contributed by atoms with Crippen LogP contribution >= 0.6 is 0 Å². The lowest BCUT2D eigenvalue weighted by Gasteiger charge is -2.45. The van der Waals surface area contributed by atoms with Crippen LogP contribution in [0.2, 0.25) is 0 Å². The number of hydrogen-bond donors (Lipinski definition) is 1. The van der Waals surface area contributed by atoms with Crippen LogP contribution in [0.4, 0.5) is 18.0 Å². The highest BCUT2D eigenvalue weighted by Gasteiger charge is 2.45. The molecule has 0 aromatic heterocycles. The Bertz CT molecular complexity index is 822. The minimum absolute atomic E-state index is 0.101. The van der Waals surface area contributed by atoms with Crippen LogP contribution in [0.5, 0.6) is 5.75 Å². The maximum Gasteiger partial charge on any atom is 0.425 e. The van der Waals surface area contributed by atoms with Gasteiger partial charge in [-0.15, -0.1) is 0 Å². The van der Waals surface area contributed by atoms with E-state index in [1.54, 1.807) is 12.1 Å². The number of hydrogen-bond acceptors (Lipinski definition) is 5. The van der Waals surface area contributed by atoms with Gasteiger partial charge in [0.1, 0.15) is 11.3 Å². The molecule has 1 atom stereocenters. The van der Waals surface area contributed by atoms with Crippen LogP contribution in [0.25, 0.3) is 0 Å². The predicted molar refractivity (Wildman–Crippen MR) is 105 cm³/mol. The average molecular weight is 444 g/mol. The number of carboxylic acids is 1. The third kappa shape index (κ3) is 5.06. The second-order valence-corrected chi connectivity index (χ2v) is 8.14. The molecule has 1 aromatic carbocycles. The summed E-state index contributed by atoms with van der Waals surface area (Å²) in [4.78, 5) is 27.2. The van der Waals surface area contributed by atoms with Crippen LogP contribution in [0, 0.1) is 0 Å². The Kier molecular flexibility index (Phi) is 6.68. The minimum atomic E-state index is -4.58. The van der Waals surface area contributed by atoms with E-state index < -0.39 is 24.3 Å². The van der Waals surface area contributed by atoms with Crippen LogP contribution in [-0.4, -0.2) is 71.5 Å². The highest BCUT2D eigenvalue weighted by atomic mass is 19.4. The SMILES string of the molecule is COc1ccc(CN2CCCC23CCN(C(=O)OC(C)C(F)(F)F)CC3)cc1C(=O)O. The number of methoxy groups -OCH3 is 1. The molecule has 0 radical (unpaired) electrons. The summed E-state index contributed by atoms with van der Waals surface area (Å²) >= 11 is 0. The van der Waals surface area contributed by atoms with E-state index in [0.29, 0.717) is 38.2 Å². The number of halogens is 3. The molecule has 7 nitrogen and oxygen atoms in total. The van der Waals surface area contributed by atoms with Crippen molar-refractivity contribution in [1.82, 2.24) is 9.80 Å². The molecule has 2 aliphatic rings. The van der Waals surface area contributed by atoms with Crippen molar-refractivity contribution in [3.63, 3.8) is 0 Å². The van der Waals surface area contributed by atoms with E-state index >= 15 is 0 Å². The van der Waals surface area contributed by atoms with Gasteiger partial charge in [-0.3, -0.25) is 4.90 Å². The number of piperidine rings is 1. The summed E-state index contributed by atoms with van der Waals surface area (Å²) in [5.74, 6) is -0.762. The zero-order valence-corrected chi connectivity index (χ0v) is 17.6. The molecule has 2 fully saturated rings. The molecule has 1 N–H and O–H groups in total. The van der Waals surface area contributed by atoms with Gasteiger partial charge in [-0.1, -0.05) is 6.07 Å². The summed E-state index contributed by atoms with van der Waals surface area (Å²) in [6.07, 6.45) is -4.51. The summed E-state index contributed by atoms with van der Waals surface area (Å²) in [5.41, 5.74) is 0.792. The fourth-order valence-corrected chi connectivity index (χ4v) is 4.45. The third-order valence-corrected chi connectivity index (χ3v) is 6.30. The topological polar surface area (TPSA) is 79.3 Å². The highest BCUT2D eigenvalue weighted by molar-refractivity contribution is 5.91. The van der Waals surface area contributed by atoms with Gasteiger partial charge < -0.3 is 19.5 Å². The summed E-state index contributed by atoms with van der Waals surface area (Å²) in [6.45, 7) is 2.86. The Labute approximate surface area is 178 Å². The number of aromatic carboxylic acids is 1. The maximum absolute atomic E-state index is 12.7. The van der Waals surface area contributed by atoms with Crippen molar-refractivity contribution in [2.24, 2.45) is 0 Å². The van der Waals surface area contributed by atoms with Crippen LogP contribution in [0.3, 0.4) is 0 Å². The molecule has 1 spiro atoms. The number of carboxylic acid groups (broad SMARTS) is 1. The van der Waals surface area contributed by atoms with E-state index in [1.165, 1.54) is 12.0 Å². The van der Waals surface area contributed by atoms with Crippen molar-refractivity contribution in [3.8, 4) is 5.75 Å². The van der Waals surface area contributed by atoms with Gasteiger partial charge in [0.2, 0.25) is 0 Å². The second kappa shape index (κ2) is 8.94. The molecule has 0 saturated carbocycles. The van der Waals surface area contributed by atoms with Gasteiger partial charge in [-0.2, -0.15) is 13.2 Å². The Morgan fingerprint density at radius 1 is 1.19 bits per heavy atom. The standard InChI is InChI=1S/C21H27F3N2O5/c1-14(21(22,23)24)31-19(29)25-10-7-20(8-11-25)6-3-9-26(20)13-15-4-5-17(30-2)16(12-15)18(27)28/h4-5,12,14H,3,6-11,13H2,1-2H3,(H,27,28). The number of alkyl halides is 3. The van der Waals surface area contributed by atoms with Crippen molar-refractivity contribution in [1.29, 1.82) is 0 Å². The molecule has 1 aromatic rings. The Morgan fingerprint density at radius 3 is 2.45 bits per heavy atom. The maximum atomic E-state index is 12.7. The fraction of sp³-hybridized carbons (Fsp3) is 0.619. The van der Waals surface area contributed by atoms with E-state index in [2.05, 4.69) is 9.64 Å². The second-order valence-electron chi connectivity index (χ2n) is 8.14. The van der Waals surface area contributed by atoms with Gasteiger partial charge in [-0.05, 0) is 56.8 Å². The zero-order valence-electron chi connectivity index (χ0n) is 17.6. The number of rotatable bonds is 5. The number of ether oxygens (including phenoxy) is 2. The first kappa shape index (κ1) is 23.2. The van der Waals surface area contributed by atoms with Crippen LogP contribution in [0.1, 0.15) is 48.5 Å². The van der Waals surface area contributed by atoms with E-state index in [9.17, 15) is 27.9 Å². The van der Waals surface area contributed by atoms with Gasteiger partial charge in [0.15, 0.2) is 6.10 Å². The van der Waals surface area contributed by atoms with Gasteiger partial charge in [-0.25, -0.2) is 9.59 Å². The first-order chi connectivity index (χ1) is 14.6. The largest absolute Gasteiger partial charge is 0.496 e. The molecule has 2 heterocycles. The first-order valence-corrected chi connectivity index (χ1v) is 10.2. The number of nitrogens with zero attached hydrogens (tertiary/aromatic N) is 2. The molecule has 2 saturated heterocycles. The van der Waals surface area contributed by atoms with Gasteiger partial charge in [0.25, 0.3) is 0 Å². The minimum Gasteiger partial charge on any atom is -0.496 e. The van der Waals surface area contributed by atoms with E-state index in [-0.39, 0.29) is 11.1 Å². The molecule has 1 unspecified atom stereocenters. The first-order valence-electron chi connectivity index (χ1n) is 10.2. The Balaban J connectivity index is 1.64. The third-order valence-electron chi connectivity index (χ3n) is 6.30. The summed E-state index contributed by atoms with van der Waals surface area (Å²) in [5, 5.41) is 9.40. The quantitative estimate of drug-likeness (QED) is 0.742. The van der Waals surface area contributed by atoms with Crippen molar-refractivity contribution >= 4 is 12.1 Å². The molecule has 0 bridgehead atoms. The van der Waals surface area contributed by atoms with E-state index in [0.717, 1.165) is 31.9 Å². The van der Waals surface area contributed by atoms with Crippen molar-refractivity contribution in [2.75, 3.05) is 26.7 Å². The van der Waals surface area contributed by atoms with Gasteiger partial charge >= 0.3 is 18.2 Å². The molecule has 10 heteroatoms. The fourth-order valence-electron chi connectivity index (χ4n) is 4.45. The summed E-state index contributed by atoms with van der Waals surface area (Å²) in [6, 6.07) is 5.09.